The van der Waals surface area contributed by atoms with Gasteiger partial charge in [0.1, 0.15) is 5.75 Å². The van der Waals surface area contributed by atoms with E-state index in [4.69, 9.17) is 9.47 Å². The third-order valence-corrected chi connectivity index (χ3v) is 4.30. The maximum absolute atomic E-state index is 12.4. The zero-order chi connectivity index (χ0) is 23.4. The summed E-state index contributed by atoms with van der Waals surface area (Å²) in [6.45, 7) is 10.4. The topological polar surface area (TPSA) is 84.0 Å². The summed E-state index contributed by atoms with van der Waals surface area (Å²) in [6, 6.07) is 15.3. The second-order valence-corrected chi connectivity index (χ2v) is 8.45. The molecular weight excluding hydrogens is 404 g/mol. The van der Waals surface area contributed by atoms with Crippen LogP contribution < -0.4 is 20.7 Å². The highest BCUT2D eigenvalue weighted by Crippen LogP contribution is 2.18. The average Bonchev–Trinajstić information content (AvgIpc) is 2.75. The molecule has 0 radical (unpaired) electrons. The summed E-state index contributed by atoms with van der Waals surface area (Å²) in [5.74, 6) is 1.36. The van der Waals surface area contributed by atoms with Gasteiger partial charge in [-0.05, 0) is 57.5 Å². The Kier molecular flexibility index (Phi) is 10.0. The molecule has 7 heteroatoms. The summed E-state index contributed by atoms with van der Waals surface area (Å²) >= 11 is 0. The Balaban J connectivity index is 2.04. The predicted octanol–water partition coefficient (Wildman–Crippen LogP) is 4.21. The van der Waals surface area contributed by atoms with Crippen LogP contribution >= 0.6 is 0 Å². The molecule has 0 saturated carbocycles. The molecule has 32 heavy (non-hydrogen) atoms. The van der Waals surface area contributed by atoms with Crippen molar-refractivity contribution in [2.24, 2.45) is 4.99 Å². The molecule has 2 rings (SSSR count). The summed E-state index contributed by atoms with van der Waals surface area (Å²) in [5, 5.41) is 9.56. The van der Waals surface area contributed by atoms with Gasteiger partial charge in [0.15, 0.2) is 5.96 Å². The molecule has 0 atom stereocenters. The SMILES string of the molecule is CCNC(=NCc1cccc(C(=O)NC(C)(C)C)c1)Nc1cccc(OCCCOC)c1. The quantitative estimate of drug-likeness (QED) is 0.293. The molecule has 0 unspecified atom stereocenters. The molecule has 2 aromatic carbocycles. The number of nitrogens with zero attached hydrogens (tertiary/aromatic N) is 1. The molecule has 0 aliphatic heterocycles. The Morgan fingerprint density at radius 1 is 1.06 bits per heavy atom. The van der Waals surface area contributed by atoms with Crippen molar-refractivity contribution in [3.63, 3.8) is 0 Å². The van der Waals surface area contributed by atoms with E-state index in [0.29, 0.717) is 31.3 Å². The highest BCUT2D eigenvalue weighted by atomic mass is 16.5. The van der Waals surface area contributed by atoms with Crippen molar-refractivity contribution in [1.29, 1.82) is 0 Å². The van der Waals surface area contributed by atoms with E-state index in [1.807, 2.05) is 76.2 Å². The van der Waals surface area contributed by atoms with Crippen molar-refractivity contribution in [3.8, 4) is 5.75 Å². The molecule has 0 bridgehead atoms. The number of anilines is 1. The lowest BCUT2D eigenvalue weighted by Gasteiger charge is -2.20. The lowest BCUT2D eigenvalue weighted by atomic mass is 10.1. The lowest BCUT2D eigenvalue weighted by Crippen LogP contribution is -2.40. The third-order valence-electron chi connectivity index (χ3n) is 4.30. The van der Waals surface area contributed by atoms with Gasteiger partial charge in [0.25, 0.3) is 5.91 Å². The van der Waals surface area contributed by atoms with Crippen molar-refractivity contribution in [1.82, 2.24) is 10.6 Å². The average molecular weight is 441 g/mol. The molecule has 0 heterocycles. The number of amides is 1. The summed E-state index contributed by atoms with van der Waals surface area (Å²) < 4.78 is 10.8. The molecule has 0 saturated heterocycles. The van der Waals surface area contributed by atoms with Gasteiger partial charge < -0.3 is 25.4 Å². The zero-order valence-corrected chi connectivity index (χ0v) is 19.8. The Hall–Kier alpha value is -3.06. The van der Waals surface area contributed by atoms with Crippen LogP contribution in [0.25, 0.3) is 0 Å². The molecular formula is C25H36N4O3. The van der Waals surface area contributed by atoms with Gasteiger partial charge in [-0.15, -0.1) is 0 Å². The van der Waals surface area contributed by atoms with Gasteiger partial charge in [-0.2, -0.15) is 0 Å². The normalized spacial score (nSPS) is 11.7. The number of carbonyl (C=O) groups excluding carboxylic acids is 1. The Bertz CT molecular complexity index is 891. The Morgan fingerprint density at radius 2 is 1.84 bits per heavy atom. The summed E-state index contributed by atoms with van der Waals surface area (Å²) in [5.41, 5.74) is 2.19. The molecule has 0 aromatic heterocycles. The molecule has 0 spiro atoms. The maximum Gasteiger partial charge on any atom is 0.251 e. The van der Waals surface area contributed by atoms with Crippen LogP contribution in [-0.4, -0.2) is 44.3 Å². The van der Waals surface area contributed by atoms with Gasteiger partial charge in [0, 0.05) is 49.5 Å². The highest BCUT2D eigenvalue weighted by molar-refractivity contribution is 5.95. The number of nitrogens with one attached hydrogen (secondary N) is 3. The first-order valence-corrected chi connectivity index (χ1v) is 11.0. The number of hydrogen-bond donors (Lipinski definition) is 3. The second kappa shape index (κ2) is 12.7. The van der Waals surface area contributed by atoms with Crippen LogP contribution in [-0.2, 0) is 11.3 Å². The molecule has 0 aliphatic carbocycles. The van der Waals surface area contributed by atoms with E-state index in [1.165, 1.54) is 0 Å². The molecule has 0 aliphatic rings. The highest BCUT2D eigenvalue weighted by Gasteiger charge is 2.15. The van der Waals surface area contributed by atoms with E-state index in [-0.39, 0.29) is 11.4 Å². The van der Waals surface area contributed by atoms with E-state index >= 15 is 0 Å². The van der Waals surface area contributed by atoms with Crippen LogP contribution in [0.2, 0.25) is 0 Å². The number of guanidine groups is 1. The minimum absolute atomic E-state index is 0.0873. The van der Waals surface area contributed by atoms with Crippen LogP contribution in [0.3, 0.4) is 0 Å². The van der Waals surface area contributed by atoms with E-state index in [1.54, 1.807) is 7.11 Å². The summed E-state index contributed by atoms with van der Waals surface area (Å²) in [6.07, 6.45) is 0.838. The molecule has 174 valence electrons. The lowest BCUT2D eigenvalue weighted by molar-refractivity contribution is 0.0919. The van der Waals surface area contributed by atoms with E-state index in [9.17, 15) is 4.79 Å². The number of carbonyl (C=O) groups is 1. The van der Waals surface area contributed by atoms with Crippen molar-refractivity contribution >= 4 is 17.6 Å². The van der Waals surface area contributed by atoms with Gasteiger partial charge in [0.2, 0.25) is 0 Å². The first kappa shape index (κ1) is 25.2. The maximum atomic E-state index is 12.4. The number of benzene rings is 2. The van der Waals surface area contributed by atoms with Crippen LogP contribution in [0, 0.1) is 0 Å². The smallest absolute Gasteiger partial charge is 0.251 e. The minimum Gasteiger partial charge on any atom is -0.493 e. The van der Waals surface area contributed by atoms with Crippen molar-refractivity contribution < 1.29 is 14.3 Å². The molecule has 1 amide bonds. The largest absolute Gasteiger partial charge is 0.493 e. The zero-order valence-electron chi connectivity index (χ0n) is 19.8. The Labute approximate surface area is 191 Å². The predicted molar refractivity (Wildman–Crippen MR) is 131 cm³/mol. The fourth-order valence-corrected chi connectivity index (χ4v) is 2.89. The summed E-state index contributed by atoms with van der Waals surface area (Å²) in [7, 11) is 1.68. The number of rotatable bonds is 10. The number of methoxy groups -OCH3 is 1. The van der Waals surface area contributed by atoms with Crippen LogP contribution in [0.4, 0.5) is 5.69 Å². The molecule has 7 nitrogen and oxygen atoms in total. The van der Waals surface area contributed by atoms with Gasteiger partial charge in [-0.25, -0.2) is 4.99 Å². The summed E-state index contributed by atoms with van der Waals surface area (Å²) in [4.78, 5) is 17.1. The molecule has 2 aromatic rings. The fraction of sp³-hybridized carbons (Fsp3) is 0.440. The standard InChI is InChI=1S/C25H36N4O3/c1-6-26-24(28-21-12-8-13-22(17-21)32-15-9-14-31-5)27-18-19-10-7-11-20(16-19)23(30)29-25(2,3)4/h7-8,10-13,16-17H,6,9,14-15,18H2,1-5H3,(H,29,30)(H2,26,27,28). The van der Waals surface area contributed by atoms with Gasteiger partial charge >= 0.3 is 0 Å². The number of aliphatic imine (C=N–C) groups is 1. The van der Waals surface area contributed by atoms with Crippen molar-refractivity contribution in [3.05, 3.63) is 59.7 Å². The van der Waals surface area contributed by atoms with Crippen LogP contribution in [0.15, 0.2) is 53.5 Å². The van der Waals surface area contributed by atoms with Crippen molar-refractivity contribution in [2.75, 3.05) is 32.2 Å². The van der Waals surface area contributed by atoms with Gasteiger partial charge in [-0.1, -0.05) is 18.2 Å². The van der Waals surface area contributed by atoms with E-state index < -0.39 is 0 Å². The van der Waals surface area contributed by atoms with Crippen molar-refractivity contribution in [2.45, 2.75) is 46.2 Å². The minimum atomic E-state index is -0.282. The van der Waals surface area contributed by atoms with E-state index in [0.717, 1.165) is 30.0 Å². The number of ether oxygens (including phenoxy) is 2. The third kappa shape index (κ3) is 9.39. The van der Waals surface area contributed by atoms with Crippen LogP contribution in [0.5, 0.6) is 5.75 Å². The number of hydrogen-bond acceptors (Lipinski definition) is 4. The second-order valence-electron chi connectivity index (χ2n) is 8.45. The molecule has 3 N–H and O–H groups in total. The van der Waals surface area contributed by atoms with Gasteiger partial charge in [-0.3, -0.25) is 4.79 Å². The molecule has 0 fully saturated rings. The van der Waals surface area contributed by atoms with Gasteiger partial charge in [0.05, 0.1) is 13.2 Å². The van der Waals surface area contributed by atoms with E-state index in [2.05, 4.69) is 20.9 Å². The first-order valence-electron chi connectivity index (χ1n) is 11.0. The monoisotopic (exact) mass is 440 g/mol. The fourth-order valence-electron chi connectivity index (χ4n) is 2.89. The Morgan fingerprint density at radius 3 is 2.56 bits per heavy atom. The first-order chi connectivity index (χ1) is 15.3. The van der Waals surface area contributed by atoms with Crippen LogP contribution in [0.1, 0.15) is 50.0 Å².